The normalized spacial score (nSPS) is 10.5. The molecule has 0 N–H and O–H groups in total. The van der Waals surface area contributed by atoms with E-state index < -0.39 is 0 Å². The van der Waals surface area contributed by atoms with Gasteiger partial charge in [-0.1, -0.05) is 41.5 Å². The number of halogens is 1. The van der Waals surface area contributed by atoms with Crippen LogP contribution in [0.5, 0.6) is 0 Å². The van der Waals surface area contributed by atoms with Gasteiger partial charge in [-0.15, -0.1) is 0 Å². The summed E-state index contributed by atoms with van der Waals surface area (Å²) in [5.41, 5.74) is 4.59. The lowest BCUT2D eigenvalue weighted by Crippen LogP contribution is -1.90. The number of rotatable bonds is 1. The zero-order valence-corrected chi connectivity index (χ0v) is 9.84. The quantitative estimate of drug-likeness (QED) is 0.659. The minimum atomic E-state index is -0.115. The van der Waals surface area contributed by atoms with Crippen LogP contribution in [-0.2, 0) is 0 Å². The second kappa shape index (κ2) is 4.09. The number of aryl methyl sites for hydroxylation is 3. The van der Waals surface area contributed by atoms with E-state index in [1.165, 1.54) is 0 Å². The highest BCUT2D eigenvalue weighted by atomic mass is 19.1. The molecule has 0 saturated carbocycles. The van der Waals surface area contributed by atoms with Crippen LogP contribution in [0, 0.1) is 26.6 Å². The molecule has 0 heterocycles. The van der Waals surface area contributed by atoms with Crippen LogP contribution in [-0.4, -0.2) is 0 Å². The van der Waals surface area contributed by atoms with E-state index in [0.29, 0.717) is 11.1 Å². The zero-order valence-electron chi connectivity index (χ0n) is 9.84. The molecule has 0 atom stereocenters. The lowest BCUT2D eigenvalue weighted by molar-refractivity contribution is 0.621. The molecule has 0 spiro atoms. The molecule has 0 nitrogen and oxygen atoms in total. The van der Waals surface area contributed by atoms with Crippen molar-refractivity contribution in [2.24, 2.45) is 0 Å². The van der Waals surface area contributed by atoms with E-state index in [1.54, 1.807) is 0 Å². The summed E-state index contributed by atoms with van der Waals surface area (Å²) in [6.45, 7) is 5.82. The van der Waals surface area contributed by atoms with Crippen LogP contribution in [0.3, 0.4) is 0 Å². The maximum absolute atomic E-state index is 14.0. The smallest absolute Gasteiger partial charge is 0.133 e. The first-order valence-corrected chi connectivity index (χ1v) is 5.42. The first-order chi connectivity index (χ1) is 7.58. The van der Waals surface area contributed by atoms with Gasteiger partial charge in [0, 0.05) is 5.56 Å². The van der Waals surface area contributed by atoms with E-state index in [1.807, 2.05) is 57.2 Å². The molecule has 82 valence electrons. The summed E-state index contributed by atoms with van der Waals surface area (Å²) in [5.74, 6) is -0.115. The summed E-state index contributed by atoms with van der Waals surface area (Å²) in [6, 6.07) is 11.7. The second-order valence-electron chi connectivity index (χ2n) is 4.31. The number of benzene rings is 2. The molecule has 16 heavy (non-hydrogen) atoms. The molecule has 0 radical (unpaired) electrons. The van der Waals surface area contributed by atoms with Gasteiger partial charge < -0.3 is 0 Å². The Balaban J connectivity index is 2.64. The van der Waals surface area contributed by atoms with Gasteiger partial charge in [0.25, 0.3) is 0 Å². The van der Waals surface area contributed by atoms with Crippen molar-refractivity contribution in [3.05, 3.63) is 58.9 Å². The summed E-state index contributed by atoms with van der Waals surface area (Å²) < 4.78 is 14.0. The predicted molar refractivity (Wildman–Crippen MR) is 66.0 cm³/mol. The van der Waals surface area contributed by atoms with E-state index in [-0.39, 0.29) is 5.82 Å². The number of hydrogen-bond acceptors (Lipinski definition) is 0. The average Bonchev–Trinajstić information content (AvgIpc) is 2.23. The van der Waals surface area contributed by atoms with Crippen molar-refractivity contribution in [3.63, 3.8) is 0 Å². The van der Waals surface area contributed by atoms with Crippen LogP contribution in [0.4, 0.5) is 4.39 Å². The minimum absolute atomic E-state index is 0.115. The Morgan fingerprint density at radius 3 is 2.31 bits per heavy atom. The lowest BCUT2D eigenvalue weighted by Gasteiger charge is -2.08. The molecule has 0 aliphatic heterocycles. The van der Waals surface area contributed by atoms with Crippen molar-refractivity contribution >= 4 is 0 Å². The lowest BCUT2D eigenvalue weighted by atomic mass is 9.99. The summed E-state index contributed by atoms with van der Waals surface area (Å²) in [6.07, 6.45) is 0. The van der Waals surface area contributed by atoms with Gasteiger partial charge in [-0.2, -0.15) is 0 Å². The van der Waals surface area contributed by atoms with Crippen LogP contribution in [0.1, 0.15) is 16.7 Å². The third-order valence-corrected chi connectivity index (χ3v) is 2.73. The fourth-order valence-electron chi connectivity index (χ4n) is 1.97. The molecule has 2 aromatic carbocycles. The Labute approximate surface area is 95.7 Å². The summed E-state index contributed by atoms with van der Waals surface area (Å²) in [7, 11) is 0. The van der Waals surface area contributed by atoms with Gasteiger partial charge in [-0.05, 0) is 38.0 Å². The molecule has 2 rings (SSSR count). The topological polar surface area (TPSA) is 0 Å². The molecule has 0 fully saturated rings. The van der Waals surface area contributed by atoms with Crippen LogP contribution in [0.2, 0.25) is 0 Å². The zero-order chi connectivity index (χ0) is 11.7. The van der Waals surface area contributed by atoms with Crippen molar-refractivity contribution in [2.75, 3.05) is 0 Å². The second-order valence-corrected chi connectivity index (χ2v) is 4.31. The fourth-order valence-corrected chi connectivity index (χ4v) is 1.97. The van der Waals surface area contributed by atoms with Gasteiger partial charge >= 0.3 is 0 Å². The van der Waals surface area contributed by atoms with Gasteiger partial charge in [-0.3, -0.25) is 0 Å². The average molecular weight is 214 g/mol. The third-order valence-electron chi connectivity index (χ3n) is 2.73. The van der Waals surface area contributed by atoms with Gasteiger partial charge in [0.15, 0.2) is 0 Å². The highest BCUT2D eigenvalue weighted by Crippen LogP contribution is 2.26. The Kier molecular flexibility index (Phi) is 2.78. The van der Waals surface area contributed by atoms with Crippen molar-refractivity contribution < 1.29 is 4.39 Å². The molecule has 0 aliphatic carbocycles. The molecular formula is C15H15F. The van der Waals surface area contributed by atoms with Gasteiger partial charge in [0.2, 0.25) is 0 Å². The maximum Gasteiger partial charge on any atom is 0.133 e. The van der Waals surface area contributed by atoms with Crippen molar-refractivity contribution in [2.45, 2.75) is 20.8 Å². The maximum atomic E-state index is 14.0. The van der Waals surface area contributed by atoms with E-state index in [2.05, 4.69) is 0 Å². The molecular weight excluding hydrogens is 199 g/mol. The van der Waals surface area contributed by atoms with E-state index in [0.717, 1.165) is 16.7 Å². The van der Waals surface area contributed by atoms with Gasteiger partial charge in [-0.25, -0.2) is 4.39 Å². The SMILES string of the molecule is Cc1cccc(-c2cc(C)cc(C)c2F)c1. The third kappa shape index (κ3) is 1.99. The summed E-state index contributed by atoms with van der Waals surface area (Å²) in [4.78, 5) is 0. The minimum Gasteiger partial charge on any atom is -0.206 e. The molecule has 0 bridgehead atoms. The fraction of sp³-hybridized carbons (Fsp3) is 0.200. The summed E-state index contributed by atoms with van der Waals surface area (Å²) in [5, 5.41) is 0. The van der Waals surface area contributed by atoms with Crippen molar-refractivity contribution in [1.29, 1.82) is 0 Å². The largest absolute Gasteiger partial charge is 0.206 e. The number of hydrogen-bond donors (Lipinski definition) is 0. The predicted octanol–water partition coefficient (Wildman–Crippen LogP) is 4.42. The van der Waals surface area contributed by atoms with Crippen LogP contribution in [0.25, 0.3) is 11.1 Å². The molecule has 0 unspecified atom stereocenters. The first-order valence-electron chi connectivity index (χ1n) is 5.42. The highest BCUT2D eigenvalue weighted by molar-refractivity contribution is 5.66. The Hall–Kier alpha value is -1.63. The standard InChI is InChI=1S/C15H15F/c1-10-5-4-6-13(8-10)14-9-11(2)7-12(3)15(14)16/h4-9H,1-3H3. The Morgan fingerprint density at radius 1 is 0.875 bits per heavy atom. The van der Waals surface area contributed by atoms with Gasteiger partial charge in [0.05, 0.1) is 0 Å². The monoisotopic (exact) mass is 214 g/mol. The Morgan fingerprint density at radius 2 is 1.62 bits per heavy atom. The van der Waals surface area contributed by atoms with E-state index in [4.69, 9.17) is 0 Å². The molecule has 0 aromatic heterocycles. The molecule has 1 heteroatoms. The van der Waals surface area contributed by atoms with Crippen molar-refractivity contribution in [3.8, 4) is 11.1 Å². The molecule has 0 amide bonds. The van der Waals surface area contributed by atoms with Crippen LogP contribution < -0.4 is 0 Å². The Bertz CT molecular complexity index is 527. The molecule has 0 saturated heterocycles. The first kappa shape index (κ1) is 10.9. The van der Waals surface area contributed by atoms with Crippen LogP contribution in [0.15, 0.2) is 36.4 Å². The molecule has 0 aliphatic rings. The summed E-state index contributed by atoms with van der Waals surface area (Å²) >= 11 is 0. The highest BCUT2D eigenvalue weighted by Gasteiger charge is 2.08. The van der Waals surface area contributed by atoms with Crippen molar-refractivity contribution in [1.82, 2.24) is 0 Å². The van der Waals surface area contributed by atoms with Gasteiger partial charge in [0.1, 0.15) is 5.82 Å². The van der Waals surface area contributed by atoms with Crippen LogP contribution >= 0.6 is 0 Å². The molecule has 2 aromatic rings. The van der Waals surface area contributed by atoms with E-state index in [9.17, 15) is 4.39 Å². The van der Waals surface area contributed by atoms with E-state index >= 15 is 0 Å².